The third-order valence-corrected chi connectivity index (χ3v) is 4.81. The quantitative estimate of drug-likeness (QED) is 0.482. The van der Waals surface area contributed by atoms with E-state index in [-0.39, 0.29) is 30.9 Å². The Morgan fingerprint density at radius 2 is 1.85 bits per heavy atom. The third-order valence-electron chi connectivity index (χ3n) is 4.81. The number of esters is 1. The van der Waals surface area contributed by atoms with Gasteiger partial charge in [-0.15, -0.1) is 13.2 Å². The van der Waals surface area contributed by atoms with Crippen LogP contribution in [0.2, 0.25) is 0 Å². The Morgan fingerprint density at radius 3 is 2.39 bits per heavy atom. The predicted molar refractivity (Wildman–Crippen MR) is 101 cm³/mol. The zero-order valence-corrected chi connectivity index (χ0v) is 16.7. The monoisotopic (exact) mass is 474 g/mol. The highest BCUT2D eigenvalue weighted by atomic mass is 19.4. The number of halogens is 6. The van der Waals surface area contributed by atoms with E-state index in [2.05, 4.69) is 9.47 Å². The Kier molecular flexibility index (Phi) is 6.73. The van der Waals surface area contributed by atoms with Gasteiger partial charge < -0.3 is 19.9 Å². The number of benzene rings is 2. The van der Waals surface area contributed by atoms with E-state index in [0.717, 1.165) is 12.1 Å². The maximum absolute atomic E-state index is 12.8. The van der Waals surface area contributed by atoms with Crippen LogP contribution in [0.15, 0.2) is 30.3 Å². The number of carbonyl (C=O) groups excluding carboxylic acids is 1. The summed E-state index contributed by atoms with van der Waals surface area (Å²) < 4.78 is 89.6. The number of carbonyl (C=O) groups is 1. The topological polar surface area (TPSA) is 94.6 Å². The summed E-state index contributed by atoms with van der Waals surface area (Å²) in [5, 5.41) is 9.09. The highest BCUT2D eigenvalue weighted by Crippen LogP contribution is 2.44. The van der Waals surface area contributed by atoms with Gasteiger partial charge in [0.1, 0.15) is 17.6 Å². The minimum Gasteiger partial charge on any atom is -0.492 e. The summed E-state index contributed by atoms with van der Waals surface area (Å²) in [5.41, 5.74) is 7.55. The van der Waals surface area contributed by atoms with Crippen molar-refractivity contribution in [3.05, 3.63) is 47.0 Å². The molecule has 0 fully saturated rings. The van der Waals surface area contributed by atoms with Gasteiger partial charge in [-0.2, -0.15) is 18.4 Å². The predicted octanol–water partition coefficient (Wildman–Crippen LogP) is 4.71. The molecule has 2 aromatic rings. The molecule has 1 aliphatic rings. The van der Waals surface area contributed by atoms with Crippen LogP contribution < -0.4 is 15.2 Å². The summed E-state index contributed by atoms with van der Waals surface area (Å²) in [6.07, 6.45) is -12.0. The molecule has 3 rings (SSSR count). The van der Waals surface area contributed by atoms with Crippen molar-refractivity contribution in [3.8, 4) is 28.7 Å². The van der Waals surface area contributed by atoms with E-state index in [1.807, 2.05) is 0 Å². The minimum atomic E-state index is -5.25. The summed E-state index contributed by atoms with van der Waals surface area (Å²) in [5.74, 6) is -2.62. The van der Waals surface area contributed by atoms with Crippen LogP contribution in [0.1, 0.15) is 29.2 Å². The van der Waals surface area contributed by atoms with E-state index in [1.54, 1.807) is 6.07 Å². The lowest BCUT2D eigenvalue weighted by molar-refractivity contribution is -0.274. The third kappa shape index (κ3) is 5.48. The first-order valence-corrected chi connectivity index (χ1v) is 9.47. The fourth-order valence-electron chi connectivity index (χ4n) is 3.57. The zero-order valence-electron chi connectivity index (χ0n) is 16.7. The lowest BCUT2D eigenvalue weighted by Crippen LogP contribution is -2.28. The van der Waals surface area contributed by atoms with E-state index in [4.69, 9.17) is 15.7 Å². The van der Waals surface area contributed by atoms with E-state index in [1.165, 1.54) is 18.2 Å². The van der Waals surface area contributed by atoms with Gasteiger partial charge in [-0.1, -0.05) is 12.1 Å². The number of rotatable bonds is 6. The molecule has 2 aromatic carbocycles. The summed E-state index contributed by atoms with van der Waals surface area (Å²) in [6, 6.07) is 8.11. The molecule has 0 aliphatic carbocycles. The van der Waals surface area contributed by atoms with Gasteiger partial charge in [0.25, 0.3) is 0 Å². The van der Waals surface area contributed by atoms with Gasteiger partial charge in [-0.25, -0.2) is 4.79 Å². The van der Waals surface area contributed by atoms with E-state index >= 15 is 0 Å². The number of hydrogen-bond donors (Lipinski definition) is 1. The number of ether oxygens (including phenoxy) is 3. The van der Waals surface area contributed by atoms with Gasteiger partial charge >= 0.3 is 18.5 Å². The van der Waals surface area contributed by atoms with Crippen molar-refractivity contribution in [2.24, 2.45) is 5.73 Å². The summed E-state index contributed by atoms with van der Waals surface area (Å²) in [4.78, 5) is 11.4. The van der Waals surface area contributed by atoms with Crippen molar-refractivity contribution < 1.29 is 45.3 Å². The molecule has 0 spiro atoms. The van der Waals surface area contributed by atoms with Crippen molar-refractivity contribution in [2.75, 3.05) is 6.61 Å². The van der Waals surface area contributed by atoms with Crippen LogP contribution in [0.4, 0.5) is 26.3 Å². The molecule has 1 heterocycles. The molecule has 0 bridgehead atoms. The first-order chi connectivity index (χ1) is 15.4. The maximum Gasteiger partial charge on any atom is 0.573 e. The highest BCUT2D eigenvalue weighted by molar-refractivity contribution is 5.78. The number of nitriles is 1. The standard InChI is InChI=1S/C21H16F6N2O4/c22-20(23,24)19(30)32-16(5-7-28)17-12(10-29)9-15(18-14(17)6-8-31-18)11-1-3-13(4-2-11)33-21(25,26)27/h1-4,9,16H,5-6,8,10,29H2. The highest BCUT2D eigenvalue weighted by Gasteiger charge is 2.43. The molecule has 33 heavy (non-hydrogen) atoms. The lowest BCUT2D eigenvalue weighted by atomic mass is 9.88. The second-order valence-corrected chi connectivity index (χ2v) is 6.93. The lowest BCUT2D eigenvalue weighted by Gasteiger charge is -2.23. The second-order valence-electron chi connectivity index (χ2n) is 6.93. The fourth-order valence-corrected chi connectivity index (χ4v) is 3.57. The summed E-state index contributed by atoms with van der Waals surface area (Å²) in [7, 11) is 0. The molecule has 1 unspecified atom stereocenters. The Bertz CT molecular complexity index is 1070. The van der Waals surface area contributed by atoms with E-state index in [0.29, 0.717) is 22.3 Å². The maximum atomic E-state index is 12.8. The Balaban J connectivity index is 2.06. The molecule has 0 radical (unpaired) electrons. The molecule has 176 valence electrons. The first kappa shape index (κ1) is 24.2. The van der Waals surface area contributed by atoms with Crippen LogP contribution in [0, 0.1) is 11.3 Å². The Morgan fingerprint density at radius 1 is 1.18 bits per heavy atom. The number of nitrogens with zero attached hydrogens (tertiary/aromatic N) is 1. The Hall–Kier alpha value is -3.46. The van der Waals surface area contributed by atoms with Crippen LogP contribution in [-0.4, -0.2) is 25.1 Å². The fraction of sp³-hybridized carbons (Fsp3) is 0.333. The first-order valence-electron chi connectivity index (χ1n) is 9.47. The van der Waals surface area contributed by atoms with Crippen molar-refractivity contribution in [2.45, 2.75) is 38.0 Å². The smallest absolute Gasteiger partial charge is 0.492 e. The van der Waals surface area contributed by atoms with E-state index in [9.17, 15) is 31.1 Å². The molecular weight excluding hydrogens is 458 g/mol. The molecule has 1 atom stereocenters. The minimum absolute atomic E-state index is 0.157. The number of hydrogen-bond acceptors (Lipinski definition) is 6. The largest absolute Gasteiger partial charge is 0.573 e. The molecule has 2 N–H and O–H groups in total. The van der Waals surface area contributed by atoms with Gasteiger partial charge in [-0.3, -0.25) is 0 Å². The van der Waals surface area contributed by atoms with Crippen LogP contribution in [0.5, 0.6) is 11.5 Å². The van der Waals surface area contributed by atoms with Gasteiger partial charge in [0.05, 0.1) is 19.1 Å². The number of fused-ring (bicyclic) bond motifs is 1. The molecule has 6 nitrogen and oxygen atoms in total. The molecule has 0 aromatic heterocycles. The van der Waals surface area contributed by atoms with Crippen LogP contribution in [0.3, 0.4) is 0 Å². The molecule has 0 saturated heterocycles. The zero-order chi connectivity index (χ0) is 24.4. The van der Waals surface area contributed by atoms with Gasteiger partial charge in [0, 0.05) is 29.7 Å². The number of alkyl halides is 6. The molecule has 1 aliphatic heterocycles. The molecule has 12 heteroatoms. The summed E-state index contributed by atoms with van der Waals surface area (Å²) in [6.45, 7) is -0.0124. The number of nitrogens with two attached hydrogens (primary N) is 1. The second kappa shape index (κ2) is 9.19. The van der Waals surface area contributed by atoms with Crippen LogP contribution in [-0.2, 0) is 22.5 Å². The average Bonchev–Trinajstić information content (AvgIpc) is 3.20. The molecular formula is C21H16F6N2O4. The molecule has 0 saturated carbocycles. The molecule has 0 amide bonds. The normalized spacial score (nSPS) is 14.1. The van der Waals surface area contributed by atoms with Crippen molar-refractivity contribution >= 4 is 5.97 Å². The van der Waals surface area contributed by atoms with Gasteiger partial charge in [-0.05, 0) is 29.3 Å². The average molecular weight is 474 g/mol. The van der Waals surface area contributed by atoms with Crippen molar-refractivity contribution in [1.82, 2.24) is 0 Å². The Labute approximate surface area is 183 Å². The van der Waals surface area contributed by atoms with Gasteiger partial charge in [0.2, 0.25) is 0 Å². The summed E-state index contributed by atoms with van der Waals surface area (Å²) >= 11 is 0. The van der Waals surface area contributed by atoms with E-state index < -0.39 is 36.8 Å². The van der Waals surface area contributed by atoms with Crippen LogP contribution in [0.25, 0.3) is 11.1 Å². The van der Waals surface area contributed by atoms with Crippen molar-refractivity contribution in [3.63, 3.8) is 0 Å². The SMILES string of the molecule is N#CCC(OC(=O)C(F)(F)F)c1c(CN)cc(-c2ccc(OC(F)(F)F)cc2)c2c1CCO2. The van der Waals surface area contributed by atoms with Gasteiger partial charge in [0.15, 0.2) is 0 Å². The van der Waals surface area contributed by atoms with Crippen LogP contribution >= 0.6 is 0 Å². The van der Waals surface area contributed by atoms with Crippen molar-refractivity contribution in [1.29, 1.82) is 5.26 Å².